The molecular weight excluding hydrogens is 404 g/mol. The highest BCUT2D eigenvalue weighted by Gasteiger charge is 2.15. The van der Waals surface area contributed by atoms with Crippen LogP contribution in [0.15, 0.2) is 60.0 Å². The third-order valence-electron chi connectivity index (χ3n) is 4.36. The molecule has 29 heavy (non-hydrogen) atoms. The number of anilines is 1. The first kappa shape index (κ1) is 19.4. The van der Waals surface area contributed by atoms with Gasteiger partial charge in [-0.25, -0.2) is 4.98 Å². The molecule has 0 aliphatic heterocycles. The average Bonchev–Trinajstić information content (AvgIpc) is 3.29. The number of nitrogens with one attached hydrogen (secondary N) is 1. The second-order valence-electron chi connectivity index (χ2n) is 6.82. The van der Waals surface area contributed by atoms with Gasteiger partial charge in [0.25, 0.3) is 0 Å². The summed E-state index contributed by atoms with van der Waals surface area (Å²) in [5.41, 5.74) is 4.73. The lowest BCUT2D eigenvalue weighted by atomic mass is 10.1. The average molecular weight is 423 g/mol. The van der Waals surface area contributed by atoms with E-state index in [9.17, 15) is 4.79 Å². The van der Waals surface area contributed by atoms with Crippen molar-refractivity contribution in [1.82, 2.24) is 14.8 Å². The van der Waals surface area contributed by atoms with Crippen molar-refractivity contribution in [1.29, 1.82) is 0 Å². The van der Waals surface area contributed by atoms with E-state index in [-0.39, 0.29) is 5.91 Å². The topological polar surface area (TPSA) is 59.8 Å². The standard InChI is InChI=1S/C22H19ClN4OS/c1-14-4-3-5-16(10-14)12-21(28)25-20-11-15(2)26-27(20)22-24-19(13-29-22)17-6-8-18(23)9-7-17/h3-11,13H,12H2,1-2H3,(H,25,28). The maximum atomic E-state index is 12.6. The third-order valence-corrected chi connectivity index (χ3v) is 5.43. The van der Waals surface area contributed by atoms with Crippen molar-refractivity contribution in [3.05, 3.63) is 81.8 Å². The maximum Gasteiger partial charge on any atom is 0.229 e. The summed E-state index contributed by atoms with van der Waals surface area (Å²) in [6, 6.07) is 17.3. The van der Waals surface area contributed by atoms with E-state index >= 15 is 0 Å². The van der Waals surface area contributed by atoms with E-state index < -0.39 is 0 Å². The van der Waals surface area contributed by atoms with Gasteiger partial charge < -0.3 is 5.32 Å². The molecule has 2 heterocycles. The first-order chi connectivity index (χ1) is 14.0. The van der Waals surface area contributed by atoms with Crippen molar-refractivity contribution in [3.8, 4) is 16.4 Å². The fourth-order valence-corrected chi connectivity index (χ4v) is 3.97. The smallest absolute Gasteiger partial charge is 0.229 e. The third kappa shape index (κ3) is 4.55. The van der Waals surface area contributed by atoms with Crippen LogP contribution in [0, 0.1) is 13.8 Å². The number of carbonyl (C=O) groups excluding carboxylic acids is 1. The predicted octanol–water partition coefficient (Wildman–Crippen LogP) is 5.45. The minimum Gasteiger partial charge on any atom is -0.310 e. The van der Waals surface area contributed by atoms with Gasteiger partial charge in [0.05, 0.1) is 17.8 Å². The van der Waals surface area contributed by atoms with E-state index in [1.807, 2.05) is 73.8 Å². The van der Waals surface area contributed by atoms with E-state index in [0.29, 0.717) is 22.4 Å². The second-order valence-corrected chi connectivity index (χ2v) is 8.09. The number of hydrogen-bond acceptors (Lipinski definition) is 4. The van der Waals surface area contributed by atoms with Crippen LogP contribution < -0.4 is 5.32 Å². The van der Waals surface area contributed by atoms with E-state index in [1.165, 1.54) is 11.3 Å². The summed E-state index contributed by atoms with van der Waals surface area (Å²) in [6.07, 6.45) is 0.305. The fraction of sp³-hybridized carbons (Fsp3) is 0.136. The number of halogens is 1. The maximum absolute atomic E-state index is 12.6. The number of hydrogen-bond donors (Lipinski definition) is 1. The number of carbonyl (C=O) groups is 1. The monoisotopic (exact) mass is 422 g/mol. The molecule has 0 spiro atoms. The van der Waals surface area contributed by atoms with E-state index in [0.717, 1.165) is 28.1 Å². The SMILES string of the molecule is Cc1cccc(CC(=O)Nc2cc(C)nn2-c2nc(-c3ccc(Cl)cc3)cs2)c1. The molecule has 0 saturated heterocycles. The fourth-order valence-electron chi connectivity index (χ4n) is 3.04. The van der Waals surface area contributed by atoms with Crippen LogP contribution in [0.2, 0.25) is 5.02 Å². The molecule has 0 unspecified atom stereocenters. The van der Waals surface area contributed by atoms with Crippen molar-refractivity contribution in [2.75, 3.05) is 5.32 Å². The van der Waals surface area contributed by atoms with Crippen molar-refractivity contribution in [2.24, 2.45) is 0 Å². The van der Waals surface area contributed by atoms with Crippen molar-refractivity contribution in [2.45, 2.75) is 20.3 Å². The van der Waals surface area contributed by atoms with Crippen molar-refractivity contribution < 1.29 is 4.79 Å². The molecule has 2 aromatic heterocycles. The number of thiazole rings is 1. The quantitative estimate of drug-likeness (QED) is 0.465. The number of amides is 1. The Kier molecular flexibility index (Phi) is 5.47. The summed E-state index contributed by atoms with van der Waals surface area (Å²) in [7, 11) is 0. The normalized spacial score (nSPS) is 10.9. The van der Waals surface area contributed by atoms with E-state index in [2.05, 4.69) is 15.4 Å². The van der Waals surface area contributed by atoms with Crippen LogP contribution >= 0.6 is 22.9 Å². The first-order valence-electron chi connectivity index (χ1n) is 9.12. The van der Waals surface area contributed by atoms with Crippen LogP contribution in [0.25, 0.3) is 16.4 Å². The highest BCUT2D eigenvalue weighted by Crippen LogP contribution is 2.27. The largest absolute Gasteiger partial charge is 0.310 e. The van der Waals surface area contributed by atoms with Crippen molar-refractivity contribution in [3.63, 3.8) is 0 Å². The zero-order valence-corrected chi connectivity index (χ0v) is 17.6. The highest BCUT2D eigenvalue weighted by atomic mass is 35.5. The lowest BCUT2D eigenvalue weighted by Crippen LogP contribution is -2.17. The number of aromatic nitrogens is 3. The van der Waals surface area contributed by atoms with Gasteiger partial charge >= 0.3 is 0 Å². The molecule has 2 aromatic carbocycles. The molecule has 146 valence electrons. The van der Waals surface area contributed by atoms with Crippen LogP contribution in [0.4, 0.5) is 5.82 Å². The molecular formula is C22H19ClN4OS. The molecule has 7 heteroatoms. The van der Waals surface area contributed by atoms with Gasteiger partial charge in [-0.15, -0.1) is 11.3 Å². The lowest BCUT2D eigenvalue weighted by molar-refractivity contribution is -0.115. The van der Waals surface area contributed by atoms with Crippen LogP contribution in [-0.4, -0.2) is 20.7 Å². The number of benzene rings is 2. The molecule has 1 N–H and O–H groups in total. The molecule has 0 bridgehead atoms. The minimum atomic E-state index is -0.0915. The van der Waals surface area contributed by atoms with Crippen LogP contribution in [0.3, 0.4) is 0 Å². The summed E-state index contributed by atoms with van der Waals surface area (Å²) in [6.45, 7) is 3.90. The van der Waals surface area contributed by atoms with Crippen LogP contribution in [0.5, 0.6) is 0 Å². The molecule has 0 aliphatic rings. The Morgan fingerprint density at radius 3 is 2.69 bits per heavy atom. The molecule has 0 fully saturated rings. The van der Waals surface area contributed by atoms with Gasteiger partial charge in [0.1, 0.15) is 5.82 Å². The van der Waals surface area contributed by atoms with E-state index in [1.54, 1.807) is 4.68 Å². The van der Waals surface area contributed by atoms with Crippen LogP contribution in [-0.2, 0) is 11.2 Å². The summed E-state index contributed by atoms with van der Waals surface area (Å²) in [5.74, 6) is 0.517. The van der Waals surface area contributed by atoms with Crippen molar-refractivity contribution >= 4 is 34.7 Å². The first-order valence-corrected chi connectivity index (χ1v) is 10.4. The Bertz CT molecular complexity index is 1160. The molecule has 4 rings (SSSR count). The summed E-state index contributed by atoms with van der Waals surface area (Å²) >= 11 is 7.43. The lowest BCUT2D eigenvalue weighted by Gasteiger charge is -2.07. The Balaban J connectivity index is 1.55. The zero-order valence-electron chi connectivity index (χ0n) is 16.0. The number of aryl methyl sites for hydroxylation is 2. The molecule has 0 radical (unpaired) electrons. The Labute approximate surface area is 178 Å². The van der Waals surface area contributed by atoms with Gasteiger partial charge in [-0.2, -0.15) is 9.78 Å². The molecule has 1 amide bonds. The summed E-state index contributed by atoms with van der Waals surface area (Å²) in [5, 5.41) is 10.8. The Morgan fingerprint density at radius 1 is 1.14 bits per heavy atom. The van der Waals surface area contributed by atoms with E-state index in [4.69, 9.17) is 11.6 Å². The van der Waals surface area contributed by atoms with Gasteiger partial charge in [0.15, 0.2) is 0 Å². The Hall–Kier alpha value is -2.96. The van der Waals surface area contributed by atoms with Gasteiger partial charge in [-0.05, 0) is 31.5 Å². The summed E-state index contributed by atoms with van der Waals surface area (Å²) < 4.78 is 1.67. The van der Waals surface area contributed by atoms with Gasteiger partial charge in [-0.3, -0.25) is 4.79 Å². The zero-order chi connectivity index (χ0) is 20.4. The summed E-state index contributed by atoms with van der Waals surface area (Å²) in [4.78, 5) is 17.2. The highest BCUT2D eigenvalue weighted by molar-refractivity contribution is 7.12. The molecule has 0 aliphatic carbocycles. The van der Waals surface area contributed by atoms with Gasteiger partial charge in [0.2, 0.25) is 11.0 Å². The number of rotatable bonds is 5. The molecule has 0 atom stereocenters. The Morgan fingerprint density at radius 2 is 1.93 bits per heavy atom. The number of nitrogens with zero attached hydrogens (tertiary/aromatic N) is 3. The van der Waals surface area contributed by atoms with Crippen LogP contribution in [0.1, 0.15) is 16.8 Å². The second kappa shape index (κ2) is 8.19. The predicted molar refractivity (Wildman–Crippen MR) is 118 cm³/mol. The van der Waals surface area contributed by atoms with Gasteiger partial charge in [-0.1, -0.05) is 53.6 Å². The van der Waals surface area contributed by atoms with Gasteiger partial charge in [0, 0.05) is 22.0 Å². The molecule has 0 saturated carbocycles. The molecule has 4 aromatic rings. The molecule has 5 nitrogen and oxygen atoms in total. The minimum absolute atomic E-state index is 0.0915.